The van der Waals surface area contributed by atoms with E-state index in [1.165, 1.54) is 6.07 Å². The summed E-state index contributed by atoms with van der Waals surface area (Å²) in [5, 5.41) is 3.67. The Morgan fingerprint density at radius 1 is 1.44 bits per heavy atom. The Kier molecular flexibility index (Phi) is 4.68. The van der Waals surface area contributed by atoms with Crippen LogP contribution in [-0.4, -0.2) is 17.7 Å². The molecular formula is C12H17FN2S. The molecule has 0 aliphatic carbocycles. The Morgan fingerprint density at radius 3 is 2.56 bits per heavy atom. The first-order chi connectivity index (χ1) is 7.56. The van der Waals surface area contributed by atoms with E-state index in [9.17, 15) is 4.39 Å². The fourth-order valence-corrected chi connectivity index (χ4v) is 1.88. The van der Waals surface area contributed by atoms with Gasteiger partial charge in [0.2, 0.25) is 0 Å². The van der Waals surface area contributed by atoms with Gasteiger partial charge in [0.1, 0.15) is 5.82 Å². The molecule has 0 fully saturated rings. The van der Waals surface area contributed by atoms with Gasteiger partial charge in [-0.3, -0.25) is 0 Å². The van der Waals surface area contributed by atoms with Crippen molar-refractivity contribution in [1.29, 1.82) is 0 Å². The lowest BCUT2D eigenvalue weighted by Gasteiger charge is -2.26. The average molecular weight is 240 g/mol. The molecule has 0 aliphatic heterocycles. The molecule has 0 aromatic heterocycles. The van der Waals surface area contributed by atoms with Crippen molar-refractivity contribution in [3.8, 4) is 0 Å². The van der Waals surface area contributed by atoms with E-state index in [0.29, 0.717) is 17.3 Å². The number of nitrogens with zero attached hydrogens (tertiary/aromatic N) is 1. The topological polar surface area (TPSA) is 15.3 Å². The third-order valence-corrected chi connectivity index (χ3v) is 2.46. The number of para-hydroxylation sites is 1. The predicted molar refractivity (Wildman–Crippen MR) is 70.3 cm³/mol. The second-order valence-corrected chi connectivity index (χ2v) is 4.19. The molecule has 0 amide bonds. The monoisotopic (exact) mass is 240 g/mol. The molecule has 88 valence electrons. The van der Waals surface area contributed by atoms with Crippen LogP contribution in [0, 0.1) is 5.82 Å². The summed E-state index contributed by atoms with van der Waals surface area (Å²) >= 11 is 5.24. The van der Waals surface area contributed by atoms with E-state index in [1.807, 2.05) is 20.8 Å². The highest BCUT2D eigenvalue weighted by Gasteiger charge is 2.13. The van der Waals surface area contributed by atoms with E-state index in [0.717, 1.165) is 0 Å². The van der Waals surface area contributed by atoms with E-state index in [4.69, 9.17) is 12.2 Å². The fourth-order valence-electron chi connectivity index (χ4n) is 1.42. The van der Waals surface area contributed by atoms with Gasteiger partial charge in [-0.2, -0.15) is 0 Å². The van der Waals surface area contributed by atoms with Crippen LogP contribution in [0.15, 0.2) is 24.3 Å². The molecule has 0 atom stereocenters. The van der Waals surface area contributed by atoms with Crippen LogP contribution in [-0.2, 0) is 0 Å². The highest BCUT2D eigenvalue weighted by atomic mass is 32.1. The summed E-state index contributed by atoms with van der Waals surface area (Å²) in [6.07, 6.45) is 0. The minimum Gasteiger partial charge on any atom is -0.360 e. The maximum absolute atomic E-state index is 13.6. The largest absolute Gasteiger partial charge is 0.360 e. The van der Waals surface area contributed by atoms with Crippen LogP contribution in [0.4, 0.5) is 10.1 Å². The maximum atomic E-state index is 13.6. The molecule has 0 aliphatic rings. The first-order valence-corrected chi connectivity index (χ1v) is 5.79. The van der Waals surface area contributed by atoms with Crippen LogP contribution in [0.3, 0.4) is 0 Å². The summed E-state index contributed by atoms with van der Waals surface area (Å²) in [6, 6.07) is 6.89. The summed E-state index contributed by atoms with van der Waals surface area (Å²) in [5.74, 6) is -0.253. The van der Waals surface area contributed by atoms with Crippen molar-refractivity contribution in [3.63, 3.8) is 0 Å². The zero-order chi connectivity index (χ0) is 12.1. The minimum atomic E-state index is -0.253. The molecule has 2 nitrogen and oxygen atoms in total. The minimum absolute atomic E-state index is 0.244. The van der Waals surface area contributed by atoms with Crippen LogP contribution < -0.4 is 10.2 Å². The van der Waals surface area contributed by atoms with E-state index >= 15 is 0 Å². The molecule has 4 heteroatoms. The zero-order valence-corrected chi connectivity index (χ0v) is 10.6. The average Bonchev–Trinajstić information content (AvgIpc) is 2.20. The lowest BCUT2D eigenvalue weighted by Crippen LogP contribution is -2.43. The van der Waals surface area contributed by atoms with Crippen molar-refractivity contribution in [2.24, 2.45) is 0 Å². The second kappa shape index (κ2) is 5.80. The van der Waals surface area contributed by atoms with E-state index in [2.05, 4.69) is 5.32 Å². The summed E-state index contributed by atoms with van der Waals surface area (Å²) in [6.45, 7) is 6.59. The molecule has 0 unspecified atom stereocenters. The number of benzene rings is 1. The van der Waals surface area contributed by atoms with Crippen molar-refractivity contribution in [3.05, 3.63) is 30.1 Å². The van der Waals surface area contributed by atoms with Crippen LogP contribution in [0.5, 0.6) is 0 Å². The molecule has 16 heavy (non-hydrogen) atoms. The van der Waals surface area contributed by atoms with Gasteiger partial charge in [0.05, 0.1) is 5.69 Å². The predicted octanol–water partition coefficient (Wildman–Crippen LogP) is 2.93. The molecule has 0 spiro atoms. The standard InChI is InChI=1S/C12H17FN2S/c1-4-15(12(16)14-9(2)3)11-8-6-5-7-10(11)13/h5-9H,4H2,1-3H3,(H,14,16). The Hall–Kier alpha value is -1.16. The lowest BCUT2D eigenvalue weighted by molar-refractivity contribution is 0.625. The Balaban J connectivity index is 2.90. The number of halogens is 1. The van der Waals surface area contributed by atoms with Crippen LogP contribution in [0.25, 0.3) is 0 Å². The van der Waals surface area contributed by atoms with Crippen molar-refractivity contribution in [1.82, 2.24) is 5.32 Å². The fraction of sp³-hybridized carbons (Fsp3) is 0.417. The van der Waals surface area contributed by atoms with Gasteiger partial charge in [0, 0.05) is 12.6 Å². The van der Waals surface area contributed by atoms with Crippen molar-refractivity contribution in [2.45, 2.75) is 26.8 Å². The normalized spacial score (nSPS) is 10.3. The van der Waals surface area contributed by atoms with Gasteiger partial charge < -0.3 is 10.2 Å². The number of hydrogen-bond acceptors (Lipinski definition) is 1. The summed E-state index contributed by atoms with van der Waals surface area (Å²) in [7, 11) is 0. The molecule has 0 heterocycles. The highest BCUT2D eigenvalue weighted by Crippen LogP contribution is 2.18. The van der Waals surface area contributed by atoms with Crippen LogP contribution in [0.2, 0.25) is 0 Å². The number of rotatable bonds is 3. The maximum Gasteiger partial charge on any atom is 0.173 e. The Morgan fingerprint density at radius 2 is 2.06 bits per heavy atom. The van der Waals surface area contributed by atoms with Crippen LogP contribution >= 0.6 is 12.2 Å². The molecule has 0 saturated heterocycles. The molecule has 1 aromatic carbocycles. The number of nitrogens with one attached hydrogen (secondary N) is 1. The Labute approximate surface area is 101 Å². The number of thiocarbonyl (C=S) groups is 1. The first kappa shape index (κ1) is 12.9. The lowest BCUT2D eigenvalue weighted by atomic mass is 10.3. The molecule has 1 N–H and O–H groups in total. The Bertz CT molecular complexity index is 366. The van der Waals surface area contributed by atoms with E-state index in [-0.39, 0.29) is 11.9 Å². The van der Waals surface area contributed by atoms with Gasteiger partial charge in [-0.05, 0) is 45.1 Å². The van der Waals surface area contributed by atoms with Gasteiger partial charge in [-0.15, -0.1) is 0 Å². The van der Waals surface area contributed by atoms with Gasteiger partial charge in [-0.1, -0.05) is 12.1 Å². The third-order valence-electron chi connectivity index (χ3n) is 2.12. The smallest absolute Gasteiger partial charge is 0.173 e. The molecular weight excluding hydrogens is 223 g/mol. The van der Waals surface area contributed by atoms with Gasteiger partial charge in [0.15, 0.2) is 5.11 Å². The first-order valence-electron chi connectivity index (χ1n) is 5.38. The van der Waals surface area contributed by atoms with Crippen molar-refractivity contribution in [2.75, 3.05) is 11.4 Å². The SMILES string of the molecule is CCN(C(=S)NC(C)C)c1ccccc1F. The third kappa shape index (κ3) is 3.17. The second-order valence-electron chi connectivity index (χ2n) is 3.80. The molecule has 0 saturated carbocycles. The van der Waals surface area contributed by atoms with Gasteiger partial charge in [0.25, 0.3) is 0 Å². The molecule has 1 rings (SSSR count). The van der Waals surface area contributed by atoms with E-state index in [1.54, 1.807) is 23.1 Å². The quantitative estimate of drug-likeness (QED) is 0.818. The number of anilines is 1. The summed E-state index contributed by atoms with van der Waals surface area (Å²) in [4.78, 5) is 1.75. The van der Waals surface area contributed by atoms with E-state index < -0.39 is 0 Å². The number of hydrogen-bond donors (Lipinski definition) is 1. The van der Waals surface area contributed by atoms with Gasteiger partial charge >= 0.3 is 0 Å². The van der Waals surface area contributed by atoms with Crippen LogP contribution in [0.1, 0.15) is 20.8 Å². The highest BCUT2D eigenvalue weighted by molar-refractivity contribution is 7.80. The van der Waals surface area contributed by atoms with Crippen molar-refractivity contribution < 1.29 is 4.39 Å². The van der Waals surface area contributed by atoms with Gasteiger partial charge in [-0.25, -0.2) is 4.39 Å². The molecule has 0 bridgehead atoms. The summed E-state index contributed by atoms with van der Waals surface area (Å²) < 4.78 is 13.6. The zero-order valence-electron chi connectivity index (χ0n) is 9.83. The molecule has 0 radical (unpaired) electrons. The summed E-state index contributed by atoms with van der Waals surface area (Å²) in [5.41, 5.74) is 0.517. The molecule has 1 aromatic rings. The van der Waals surface area contributed by atoms with Crippen molar-refractivity contribution >= 4 is 23.0 Å².